The molecular formula is C36H19BN2S. The zero-order chi connectivity index (χ0) is 25.7. The third-order valence-corrected chi connectivity index (χ3v) is 10.7. The van der Waals surface area contributed by atoms with E-state index in [2.05, 4.69) is 124 Å². The van der Waals surface area contributed by atoms with Crippen molar-refractivity contribution >= 4 is 94.8 Å². The van der Waals surface area contributed by atoms with Crippen molar-refractivity contribution in [2.45, 2.75) is 9.79 Å². The fourth-order valence-corrected chi connectivity index (χ4v) is 9.25. The lowest BCUT2D eigenvalue weighted by atomic mass is 9.35. The molecule has 6 aromatic carbocycles. The molecule has 0 atom stereocenters. The van der Waals surface area contributed by atoms with Crippen LogP contribution >= 0.6 is 11.8 Å². The lowest BCUT2D eigenvalue weighted by Gasteiger charge is -2.33. The summed E-state index contributed by atoms with van der Waals surface area (Å²) in [6.07, 6.45) is 0. The molecule has 0 bridgehead atoms. The van der Waals surface area contributed by atoms with E-state index in [1.807, 2.05) is 11.8 Å². The molecule has 0 radical (unpaired) electrons. The van der Waals surface area contributed by atoms with Crippen molar-refractivity contribution in [3.63, 3.8) is 0 Å². The van der Waals surface area contributed by atoms with Crippen molar-refractivity contribution in [2.75, 3.05) is 0 Å². The van der Waals surface area contributed by atoms with Gasteiger partial charge in [0.2, 0.25) is 6.71 Å². The van der Waals surface area contributed by atoms with Crippen LogP contribution in [0.3, 0.4) is 0 Å². The molecule has 0 amide bonds. The Morgan fingerprint density at radius 3 is 2.15 bits per heavy atom. The van der Waals surface area contributed by atoms with Crippen molar-refractivity contribution in [2.24, 2.45) is 0 Å². The first kappa shape index (κ1) is 20.3. The van der Waals surface area contributed by atoms with Crippen molar-refractivity contribution in [1.82, 2.24) is 8.97 Å². The zero-order valence-corrected chi connectivity index (χ0v) is 22.2. The second kappa shape index (κ2) is 6.72. The monoisotopic (exact) mass is 522 g/mol. The summed E-state index contributed by atoms with van der Waals surface area (Å²) < 4.78 is 5.11. The van der Waals surface area contributed by atoms with Gasteiger partial charge in [0.1, 0.15) is 0 Å². The van der Waals surface area contributed by atoms with E-state index in [1.54, 1.807) is 0 Å². The second-order valence-corrected chi connectivity index (χ2v) is 12.3. The fraction of sp³-hybridized carbons (Fsp3) is 0. The number of fused-ring (bicyclic) bond motifs is 14. The molecule has 11 rings (SSSR count). The van der Waals surface area contributed by atoms with Gasteiger partial charge in [0.15, 0.2) is 0 Å². The predicted octanol–water partition coefficient (Wildman–Crippen LogP) is 7.23. The smallest absolute Gasteiger partial charge is 0.249 e. The molecule has 0 saturated heterocycles. The van der Waals surface area contributed by atoms with E-state index >= 15 is 0 Å². The van der Waals surface area contributed by atoms with Crippen LogP contribution in [0, 0.1) is 0 Å². The van der Waals surface area contributed by atoms with Gasteiger partial charge in [0.05, 0.1) is 22.1 Å². The summed E-state index contributed by atoms with van der Waals surface area (Å²) in [5.74, 6) is 0. The molecule has 0 fully saturated rings. The lowest BCUT2D eigenvalue weighted by Crippen LogP contribution is -2.58. The third-order valence-electron chi connectivity index (χ3n) is 9.50. The van der Waals surface area contributed by atoms with E-state index in [0.717, 1.165) is 0 Å². The molecule has 0 N–H and O–H groups in total. The van der Waals surface area contributed by atoms with Crippen LogP contribution in [0.4, 0.5) is 0 Å². The molecule has 0 spiro atoms. The van der Waals surface area contributed by atoms with Crippen molar-refractivity contribution in [3.8, 4) is 5.69 Å². The van der Waals surface area contributed by atoms with Crippen LogP contribution in [0.2, 0.25) is 0 Å². The minimum absolute atomic E-state index is 0.248. The van der Waals surface area contributed by atoms with Crippen LogP contribution in [0.15, 0.2) is 125 Å². The molecule has 9 aromatic rings. The van der Waals surface area contributed by atoms with Crippen LogP contribution in [-0.4, -0.2) is 15.7 Å². The minimum atomic E-state index is 0.248. The summed E-state index contributed by atoms with van der Waals surface area (Å²) in [4.78, 5) is 2.75. The maximum absolute atomic E-state index is 2.61. The number of hydrogen-bond donors (Lipinski definition) is 0. The van der Waals surface area contributed by atoms with Crippen LogP contribution in [-0.2, 0) is 0 Å². The summed E-state index contributed by atoms with van der Waals surface area (Å²) >= 11 is 1.92. The highest BCUT2D eigenvalue weighted by Gasteiger charge is 2.39. The third kappa shape index (κ3) is 2.12. The van der Waals surface area contributed by atoms with Crippen LogP contribution in [0.25, 0.3) is 65.6 Å². The van der Waals surface area contributed by atoms with Gasteiger partial charge in [0.25, 0.3) is 0 Å². The Labute approximate surface area is 233 Å². The van der Waals surface area contributed by atoms with E-state index in [0.29, 0.717) is 0 Å². The minimum Gasteiger partial charge on any atom is -0.310 e. The van der Waals surface area contributed by atoms with Gasteiger partial charge in [-0.2, -0.15) is 0 Å². The van der Waals surface area contributed by atoms with Gasteiger partial charge >= 0.3 is 0 Å². The summed E-state index contributed by atoms with van der Waals surface area (Å²) in [5.41, 5.74) is 12.2. The summed E-state index contributed by atoms with van der Waals surface area (Å²) in [5, 5.41) is 8.02. The van der Waals surface area contributed by atoms with Crippen molar-refractivity contribution < 1.29 is 0 Å². The molecule has 3 aromatic heterocycles. The van der Waals surface area contributed by atoms with E-state index in [1.165, 1.54) is 91.8 Å². The lowest BCUT2D eigenvalue weighted by molar-refractivity contribution is 1.18. The molecule has 182 valence electrons. The van der Waals surface area contributed by atoms with Gasteiger partial charge in [-0.05, 0) is 41.3 Å². The molecule has 2 nitrogen and oxygen atoms in total. The number of benzene rings is 6. The molecule has 0 unspecified atom stereocenters. The molecule has 5 heterocycles. The van der Waals surface area contributed by atoms with Crippen molar-refractivity contribution in [1.29, 1.82) is 0 Å². The number of para-hydroxylation sites is 3. The number of nitrogens with zero attached hydrogens (tertiary/aromatic N) is 2. The normalized spacial score (nSPS) is 13.8. The molecule has 40 heavy (non-hydrogen) atoms. The standard InChI is InChI=1S/C36H19BN2S/c1-3-14-27-20(8-1)21-9-5-11-24-32-28(38(27)34(21)24)19-18-23-22-10-6-13-26-35(22)39(36(23)32)29-15-7-17-31-33(29)37(26)25-12-2-4-16-30(25)40-31/h1-19H. The Morgan fingerprint density at radius 1 is 0.475 bits per heavy atom. The molecule has 0 saturated carbocycles. The Bertz CT molecular complexity index is 2590. The quantitative estimate of drug-likeness (QED) is 0.191. The molecular weight excluding hydrogens is 503 g/mol. The maximum Gasteiger partial charge on any atom is 0.249 e. The predicted molar refractivity (Wildman–Crippen MR) is 171 cm³/mol. The first-order chi connectivity index (χ1) is 19.9. The van der Waals surface area contributed by atoms with Gasteiger partial charge in [-0.25, -0.2) is 0 Å². The Hall–Kier alpha value is -4.67. The van der Waals surface area contributed by atoms with Gasteiger partial charge in [-0.15, -0.1) is 0 Å². The van der Waals surface area contributed by atoms with Crippen LogP contribution in [0.5, 0.6) is 0 Å². The van der Waals surface area contributed by atoms with Crippen LogP contribution in [0.1, 0.15) is 0 Å². The highest BCUT2D eigenvalue weighted by Crippen LogP contribution is 2.45. The summed E-state index contributed by atoms with van der Waals surface area (Å²) in [6, 6.07) is 43.3. The number of hydrogen-bond acceptors (Lipinski definition) is 1. The Morgan fingerprint density at radius 2 is 1.18 bits per heavy atom. The SMILES string of the molecule is c1ccc2c(c1)Sc1cccc3c1B2c1cccc2c4ccc5c(c6cccc7c8ccccc8n5c76)c4n-3c12. The summed E-state index contributed by atoms with van der Waals surface area (Å²) in [7, 11) is 0. The average Bonchev–Trinajstić information content (AvgIpc) is 3.65. The highest BCUT2D eigenvalue weighted by atomic mass is 32.2. The van der Waals surface area contributed by atoms with E-state index < -0.39 is 0 Å². The number of rotatable bonds is 0. The van der Waals surface area contributed by atoms with E-state index in [9.17, 15) is 0 Å². The topological polar surface area (TPSA) is 9.34 Å². The fourth-order valence-electron chi connectivity index (χ4n) is 8.08. The van der Waals surface area contributed by atoms with E-state index in [4.69, 9.17) is 0 Å². The number of aromatic nitrogens is 2. The average molecular weight is 522 g/mol. The molecule has 4 heteroatoms. The maximum atomic E-state index is 2.61. The van der Waals surface area contributed by atoms with E-state index in [-0.39, 0.29) is 6.71 Å². The molecule has 2 aliphatic rings. The van der Waals surface area contributed by atoms with Gasteiger partial charge in [0, 0.05) is 53.3 Å². The van der Waals surface area contributed by atoms with Gasteiger partial charge in [-0.1, -0.05) is 102 Å². The first-order valence-corrected chi connectivity index (χ1v) is 14.7. The second-order valence-electron chi connectivity index (χ2n) is 11.3. The first-order valence-electron chi connectivity index (χ1n) is 13.9. The Kier molecular flexibility index (Phi) is 3.41. The largest absolute Gasteiger partial charge is 0.310 e. The molecule has 0 aliphatic carbocycles. The van der Waals surface area contributed by atoms with Gasteiger partial charge < -0.3 is 8.97 Å². The molecule has 2 aliphatic heterocycles. The zero-order valence-electron chi connectivity index (χ0n) is 21.3. The Balaban J connectivity index is 1.42. The highest BCUT2D eigenvalue weighted by molar-refractivity contribution is 8.00. The van der Waals surface area contributed by atoms with Crippen LogP contribution < -0.4 is 16.4 Å². The van der Waals surface area contributed by atoms with Crippen molar-refractivity contribution in [3.05, 3.63) is 115 Å². The summed E-state index contributed by atoms with van der Waals surface area (Å²) in [6.45, 7) is 0.248. The van der Waals surface area contributed by atoms with Gasteiger partial charge in [-0.3, -0.25) is 0 Å².